The van der Waals surface area contributed by atoms with Crippen molar-refractivity contribution < 1.29 is 4.79 Å². The highest BCUT2D eigenvalue weighted by atomic mass is 79.9. The number of nitrogens with zero attached hydrogens (tertiary/aromatic N) is 1. The summed E-state index contributed by atoms with van der Waals surface area (Å²) >= 11 is 3.49. The second-order valence-electron chi connectivity index (χ2n) is 5.30. The highest BCUT2D eigenvalue weighted by Crippen LogP contribution is 2.51. The Labute approximate surface area is 115 Å². The molecule has 1 amide bonds. The Bertz CT molecular complexity index is 505. The molecule has 1 fully saturated rings. The molecule has 2 aliphatic rings. The fourth-order valence-corrected chi connectivity index (χ4v) is 3.12. The van der Waals surface area contributed by atoms with Crippen molar-refractivity contribution in [2.75, 3.05) is 11.9 Å². The summed E-state index contributed by atoms with van der Waals surface area (Å²) < 4.78 is 0. The smallest absolute Gasteiger partial charge is 0.231 e. The quantitative estimate of drug-likeness (QED) is 0.820. The van der Waals surface area contributed by atoms with Crippen molar-refractivity contribution in [3.8, 4) is 0 Å². The third-order valence-corrected chi connectivity index (χ3v) is 5.16. The fourth-order valence-electron chi connectivity index (χ4n) is 2.24. The number of carbonyl (C=O) groups is 1. The summed E-state index contributed by atoms with van der Waals surface area (Å²) in [5.41, 5.74) is 2.88. The molecular weight excluding hydrogens is 294 g/mol. The largest absolute Gasteiger partial charge is 0.324 e. The number of alkyl halides is 1. The molecule has 1 aliphatic heterocycles. The van der Waals surface area contributed by atoms with Crippen LogP contribution in [0, 0.1) is 5.41 Å². The third kappa shape index (κ3) is 2.06. The van der Waals surface area contributed by atoms with Crippen LogP contribution in [-0.4, -0.2) is 22.3 Å². The van der Waals surface area contributed by atoms with Crippen molar-refractivity contribution in [1.29, 1.82) is 0 Å². The molecular formula is C13H16BrN3O. The molecule has 1 aromatic heterocycles. The first kappa shape index (κ1) is 12.1. The number of anilines is 1. The number of amides is 1. The Morgan fingerprint density at radius 1 is 1.67 bits per heavy atom. The van der Waals surface area contributed by atoms with Crippen molar-refractivity contribution >= 4 is 27.5 Å². The second kappa shape index (κ2) is 4.31. The molecule has 0 aromatic carbocycles. The number of hydrogen-bond acceptors (Lipinski definition) is 3. The Morgan fingerprint density at radius 3 is 3.17 bits per heavy atom. The molecule has 0 bridgehead atoms. The zero-order valence-electron chi connectivity index (χ0n) is 10.3. The van der Waals surface area contributed by atoms with Crippen LogP contribution in [0.15, 0.2) is 12.3 Å². The first-order chi connectivity index (χ1) is 8.59. The molecule has 0 spiro atoms. The van der Waals surface area contributed by atoms with Gasteiger partial charge in [-0.2, -0.15) is 0 Å². The molecule has 2 N–H and O–H groups in total. The van der Waals surface area contributed by atoms with Gasteiger partial charge in [0, 0.05) is 30.0 Å². The van der Waals surface area contributed by atoms with Crippen LogP contribution in [0.4, 0.5) is 5.69 Å². The summed E-state index contributed by atoms with van der Waals surface area (Å²) in [7, 11) is 0. The predicted molar refractivity (Wildman–Crippen MR) is 73.7 cm³/mol. The maximum atomic E-state index is 12.1. The van der Waals surface area contributed by atoms with Gasteiger partial charge in [-0.3, -0.25) is 9.78 Å². The van der Waals surface area contributed by atoms with Gasteiger partial charge in [0.1, 0.15) is 0 Å². The van der Waals surface area contributed by atoms with E-state index in [-0.39, 0.29) is 11.3 Å². The van der Waals surface area contributed by atoms with E-state index in [9.17, 15) is 4.79 Å². The molecule has 0 saturated heterocycles. The summed E-state index contributed by atoms with van der Waals surface area (Å²) in [5, 5.41) is 6.28. The monoisotopic (exact) mass is 309 g/mol. The lowest BCUT2D eigenvalue weighted by Crippen LogP contribution is -2.26. The second-order valence-corrected chi connectivity index (χ2v) is 6.41. The van der Waals surface area contributed by atoms with Gasteiger partial charge in [-0.15, -0.1) is 0 Å². The number of hydrogen-bond donors (Lipinski definition) is 2. The van der Waals surface area contributed by atoms with Crippen molar-refractivity contribution in [1.82, 2.24) is 10.3 Å². The van der Waals surface area contributed by atoms with Gasteiger partial charge in [0.2, 0.25) is 5.91 Å². The number of aromatic nitrogens is 1. The highest BCUT2D eigenvalue weighted by molar-refractivity contribution is 9.09. The number of nitrogens with one attached hydrogen (secondary N) is 2. The van der Waals surface area contributed by atoms with E-state index in [4.69, 9.17) is 0 Å². The van der Waals surface area contributed by atoms with Gasteiger partial charge in [0.25, 0.3) is 0 Å². The van der Waals surface area contributed by atoms with Gasteiger partial charge >= 0.3 is 0 Å². The third-order valence-electron chi connectivity index (χ3n) is 3.82. The molecule has 1 saturated carbocycles. The minimum atomic E-state index is -0.256. The van der Waals surface area contributed by atoms with Gasteiger partial charge in [-0.1, -0.05) is 15.9 Å². The number of rotatable bonds is 2. The van der Waals surface area contributed by atoms with E-state index in [1.807, 2.05) is 13.0 Å². The molecule has 1 aliphatic carbocycles. The van der Waals surface area contributed by atoms with Gasteiger partial charge in [0.05, 0.1) is 17.3 Å². The van der Waals surface area contributed by atoms with E-state index >= 15 is 0 Å². The molecule has 96 valence electrons. The van der Waals surface area contributed by atoms with Crippen LogP contribution in [0.5, 0.6) is 0 Å². The van der Waals surface area contributed by atoms with Gasteiger partial charge in [-0.05, 0) is 25.0 Å². The first-order valence-corrected chi connectivity index (χ1v) is 7.15. The minimum Gasteiger partial charge on any atom is -0.324 e. The average molecular weight is 310 g/mol. The Kier molecular flexibility index (Phi) is 2.90. The first-order valence-electron chi connectivity index (χ1n) is 6.23. The summed E-state index contributed by atoms with van der Waals surface area (Å²) in [6, 6.07) is 2.03. The van der Waals surface area contributed by atoms with Crippen LogP contribution in [0.2, 0.25) is 0 Å². The zero-order chi connectivity index (χ0) is 12.8. The van der Waals surface area contributed by atoms with Crippen molar-refractivity contribution in [3.63, 3.8) is 0 Å². The van der Waals surface area contributed by atoms with E-state index in [1.165, 1.54) is 5.56 Å². The standard InChI is InChI=1S/C13H16BrN3O/c1-13(5-11(13)14)12(18)17-9-4-8-6-15-3-2-10(8)16-7-9/h4,7,11,15H,2-3,5-6H2,1H3,(H,17,18). The number of carbonyl (C=O) groups excluding carboxylic acids is 1. The zero-order valence-corrected chi connectivity index (χ0v) is 11.9. The molecule has 1 aromatic rings. The maximum Gasteiger partial charge on any atom is 0.231 e. The van der Waals surface area contributed by atoms with E-state index in [0.29, 0.717) is 4.83 Å². The summed E-state index contributed by atoms with van der Waals surface area (Å²) in [4.78, 5) is 16.8. The molecule has 18 heavy (non-hydrogen) atoms. The van der Waals surface area contributed by atoms with E-state index in [1.54, 1.807) is 6.20 Å². The number of fused-ring (bicyclic) bond motifs is 1. The van der Waals surface area contributed by atoms with Crippen LogP contribution in [0.25, 0.3) is 0 Å². The molecule has 2 atom stereocenters. The number of halogens is 1. The van der Waals surface area contributed by atoms with Crippen LogP contribution in [0.3, 0.4) is 0 Å². The van der Waals surface area contributed by atoms with Crippen LogP contribution in [0.1, 0.15) is 24.6 Å². The fraction of sp³-hybridized carbons (Fsp3) is 0.538. The van der Waals surface area contributed by atoms with Crippen LogP contribution < -0.4 is 10.6 Å². The summed E-state index contributed by atoms with van der Waals surface area (Å²) in [5.74, 6) is 0.0786. The van der Waals surface area contributed by atoms with Gasteiger partial charge < -0.3 is 10.6 Å². The Balaban J connectivity index is 1.75. The maximum absolute atomic E-state index is 12.1. The lowest BCUT2D eigenvalue weighted by atomic mass is 10.1. The van der Waals surface area contributed by atoms with E-state index < -0.39 is 0 Å². The van der Waals surface area contributed by atoms with Gasteiger partial charge in [0.15, 0.2) is 0 Å². The molecule has 0 radical (unpaired) electrons. The van der Waals surface area contributed by atoms with Crippen molar-refractivity contribution in [3.05, 3.63) is 23.5 Å². The summed E-state index contributed by atoms with van der Waals surface area (Å²) in [6.45, 7) is 3.80. The molecule has 2 unspecified atom stereocenters. The summed E-state index contributed by atoms with van der Waals surface area (Å²) in [6.07, 6.45) is 3.63. The topological polar surface area (TPSA) is 54.0 Å². The molecule has 2 heterocycles. The van der Waals surface area contributed by atoms with Gasteiger partial charge in [-0.25, -0.2) is 0 Å². The Morgan fingerprint density at radius 2 is 2.44 bits per heavy atom. The normalized spacial score (nSPS) is 29.6. The number of pyridine rings is 1. The minimum absolute atomic E-state index is 0.0786. The highest BCUT2D eigenvalue weighted by Gasteiger charge is 2.54. The predicted octanol–water partition coefficient (Wildman–Crippen LogP) is 1.84. The van der Waals surface area contributed by atoms with Crippen molar-refractivity contribution in [2.45, 2.75) is 31.1 Å². The average Bonchev–Trinajstić information content (AvgIpc) is 2.99. The van der Waals surface area contributed by atoms with Crippen molar-refractivity contribution in [2.24, 2.45) is 5.41 Å². The molecule has 3 rings (SSSR count). The van der Waals surface area contributed by atoms with E-state index in [2.05, 4.69) is 31.5 Å². The van der Waals surface area contributed by atoms with Crippen LogP contribution in [-0.2, 0) is 17.8 Å². The SMILES string of the molecule is CC1(C(=O)Nc2cnc3c(c2)CNCC3)CC1Br. The Hall–Kier alpha value is -0.940. The molecule has 5 heteroatoms. The molecule has 4 nitrogen and oxygen atoms in total. The lowest BCUT2D eigenvalue weighted by molar-refractivity contribution is -0.120. The van der Waals surface area contributed by atoms with Crippen LogP contribution >= 0.6 is 15.9 Å². The van der Waals surface area contributed by atoms with E-state index in [0.717, 1.165) is 37.3 Å². The lowest BCUT2D eigenvalue weighted by Gasteiger charge is -2.17.